The average molecular weight is 316 g/mol. The van der Waals surface area contributed by atoms with Gasteiger partial charge < -0.3 is 5.32 Å². The molecule has 3 rings (SSSR count). The van der Waals surface area contributed by atoms with E-state index in [1.54, 1.807) is 0 Å². The van der Waals surface area contributed by atoms with Crippen LogP contribution in [0.1, 0.15) is 34.1 Å². The molecule has 0 saturated carbocycles. The first-order valence-corrected chi connectivity index (χ1v) is 7.99. The van der Waals surface area contributed by atoms with E-state index in [0.717, 1.165) is 33.4 Å². The van der Waals surface area contributed by atoms with E-state index >= 15 is 0 Å². The molecule has 0 unspecified atom stereocenters. The molecule has 0 radical (unpaired) electrons. The Bertz CT molecular complexity index is 942. The maximum atomic E-state index is 12.5. The van der Waals surface area contributed by atoms with Crippen molar-refractivity contribution in [3.63, 3.8) is 0 Å². The molecule has 0 bridgehead atoms. The first-order chi connectivity index (χ1) is 11.6. The summed E-state index contributed by atoms with van der Waals surface area (Å²) in [7, 11) is 0. The van der Waals surface area contributed by atoms with Gasteiger partial charge in [-0.3, -0.25) is 9.78 Å². The van der Waals surface area contributed by atoms with E-state index < -0.39 is 0 Å². The van der Waals surface area contributed by atoms with Crippen LogP contribution in [-0.4, -0.2) is 10.9 Å². The zero-order valence-corrected chi connectivity index (χ0v) is 14.1. The van der Waals surface area contributed by atoms with Crippen molar-refractivity contribution < 1.29 is 4.79 Å². The molecule has 1 aromatic heterocycles. The summed E-state index contributed by atoms with van der Waals surface area (Å²) < 4.78 is 0. The highest BCUT2D eigenvalue weighted by atomic mass is 16.1. The van der Waals surface area contributed by atoms with Gasteiger partial charge in [0.1, 0.15) is 0 Å². The van der Waals surface area contributed by atoms with Crippen molar-refractivity contribution >= 4 is 28.6 Å². The highest BCUT2D eigenvalue weighted by molar-refractivity contribution is 6.06. The summed E-state index contributed by atoms with van der Waals surface area (Å²) in [5.41, 5.74) is 5.43. The molecule has 0 fully saturated rings. The number of nitrogens with one attached hydrogen (secondary N) is 1. The molecule has 0 aliphatic rings. The molecule has 0 atom stereocenters. The van der Waals surface area contributed by atoms with Crippen molar-refractivity contribution in [3.05, 3.63) is 77.0 Å². The molecule has 0 aliphatic heterocycles. The van der Waals surface area contributed by atoms with Crippen LogP contribution in [0.2, 0.25) is 0 Å². The van der Waals surface area contributed by atoms with Crippen LogP contribution in [0.5, 0.6) is 0 Å². The van der Waals surface area contributed by atoms with Gasteiger partial charge in [-0.15, -0.1) is 0 Å². The summed E-state index contributed by atoms with van der Waals surface area (Å²) in [6, 6.07) is 15.6. The Labute approximate surface area is 142 Å². The van der Waals surface area contributed by atoms with Gasteiger partial charge in [0.05, 0.1) is 5.52 Å². The van der Waals surface area contributed by atoms with Crippen molar-refractivity contribution in [2.24, 2.45) is 0 Å². The number of fused-ring (bicyclic) bond motifs is 1. The quantitative estimate of drug-likeness (QED) is 0.727. The first-order valence-electron chi connectivity index (χ1n) is 7.99. The predicted octanol–water partition coefficient (Wildman–Crippen LogP) is 5.14. The van der Waals surface area contributed by atoms with Crippen LogP contribution in [0, 0.1) is 13.8 Å². The number of benzene rings is 2. The van der Waals surface area contributed by atoms with Gasteiger partial charge in [-0.1, -0.05) is 30.4 Å². The van der Waals surface area contributed by atoms with Crippen molar-refractivity contribution in [1.29, 1.82) is 0 Å². The van der Waals surface area contributed by atoms with Crippen LogP contribution in [-0.2, 0) is 0 Å². The molecule has 3 heteroatoms. The molecule has 1 amide bonds. The van der Waals surface area contributed by atoms with E-state index in [9.17, 15) is 4.79 Å². The number of anilines is 1. The largest absolute Gasteiger partial charge is 0.322 e. The number of amides is 1. The Kier molecular flexibility index (Phi) is 4.43. The Hall–Kier alpha value is -2.94. The first kappa shape index (κ1) is 15.9. The van der Waals surface area contributed by atoms with E-state index in [2.05, 4.69) is 10.3 Å². The summed E-state index contributed by atoms with van der Waals surface area (Å²) >= 11 is 0. The van der Waals surface area contributed by atoms with Gasteiger partial charge in [0, 0.05) is 22.3 Å². The van der Waals surface area contributed by atoms with Gasteiger partial charge >= 0.3 is 0 Å². The average Bonchev–Trinajstić information content (AvgIpc) is 2.55. The summed E-state index contributed by atoms with van der Waals surface area (Å²) in [4.78, 5) is 17.0. The molecule has 0 aliphatic carbocycles. The number of rotatable bonds is 3. The fourth-order valence-corrected chi connectivity index (χ4v) is 2.74. The highest BCUT2D eigenvalue weighted by Gasteiger charge is 2.10. The normalized spacial score (nSPS) is 11.1. The second-order valence-electron chi connectivity index (χ2n) is 5.89. The lowest BCUT2D eigenvalue weighted by molar-refractivity contribution is 0.102. The van der Waals surface area contributed by atoms with E-state index in [-0.39, 0.29) is 5.91 Å². The fourth-order valence-electron chi connectivity index (χ4n) is 2.74. The van der Waals surface area contributed by atoms with Gasteiger partial charge in [0.15, 0.2) is 0 Å². The second-order valence-corrected chi connectivity index (χ2v) is 5.89. The molecule has 0 spiro atoms. The minimum Gasteiger partial charge on any atom is -0.322 e. The number of hydrogen-bond donors (Lipinski definition) is 1. The van der Waals surface area contributed by atoms with Crippen molar-refractivity contribution in [2.45, 2.75) is 20.8 Å². The number of aryl methyl sites for hydroxylation is 2. The van der Waals surface area contributed by atoms with E-state index in [4.69, 9.17) is 0 Å². The summed E-state index contributed by atoms with van der Waals surface area (Å²) in [6.45, 7) is 5.90. The topological polar surface area (TPSA) is 42.0 Å². The summed E-state index contributed by atoms with van der Waals surface area (Å²) in [5, 5.41) is 3.99. The number of nitrogens with zero attached hydrogens (tertiary/aromatic N) is 1. The van der Waals surface area contributed by atoms with Gasteiger partial charge in [0.25, 0.3) is 5.91 Å². The number of carbonyl (C=O) groups is 1. The van der Waals surface area contributed by atoms with Crippen molar-refractivity contribution in [3.8, 4) is 0 Å². The van der Waals surface area contributed by atoms with Crippen LogP contribution >= 0.6 is 0 Å². The Balaban J connectivity index is 1.85. The molecule has 1 N–H and O–H groups in total. The molecule has 2 aromatic carbocycles. The lowest BCUT2D eigenvalue weighted by Crippen LogP contribution is -2.13. The van der Waals surface area contributed by atoms with Crippen LogP contribution in [0.4, 0.5) is 5.69 Å². The Morgan fingerprint density at radius 3 is 2.62 bits per heavy atom. The van der Waals surface area contributed by atoms with Crippen LogP contribution in [0.3, 0.4) is 0 Å². The zero-order chi connectivity index (χ0) is 17.1. The van der Waals surface area contributed by atoms with Gasteiger partial charge in [-0.25, -0.2) is 0 Å². The third-order valence-corrected chi connectivity index (χ3v) is 3.94. The Morgan fingerprint density at radius 2 is 1.88 bits per heavy atom. The predicted molar refractivity (Wildman–Crippen MR) is 100 cm³/mol. The van der Waals surface area contributed by atoms with Gasteiger partial charge in [0.2, 0.25) is 0 Å². The molecule has 120 valence electrons. The molecular formula is C21H20N2O. The zero-order valence-electron chi connectivity index (χ0n) is 14.1. The minimum atomic E-state index is -0.0982. The maximum absolute atomic E-state index is 12.5. The van der Waals surface area contributed by atoms with E-state index in [1.165, 1.54) is 0 Å². The highest BCUT2D eigenvalue weighted by Crippen LogP contribution is 2.20. The number of hydrogen-bond acceptors (Lipinski definition) is 2. The lowest BCUT2D eigenvalue weighted by atomic mass is 10.0. The lowest BCUT2D eigenvalue weighted by Gasteiger charge is -2.09. The van der Waals surface area contributed by atoms with Gasteiger partial charge in [-0.05, 0) is 62.2 Å². The van der Waals surface area contributed by atoms with Crippen LogP contribution in [0.15, 0.2) is 54.6 Å². The fraction of sp³-hybridized carbons (Fsp3) is 0.143. The standard InChI is InChI=1S/C21H20N2O/c1-4-5-16-7-10-19(14(2)12-16)21(24)23-18-9-11-20-17(13-18)8-6-15(3)22-20/h4-13H,1-3H3,(H,23,24)/b5-4+. The molecule has 24 heavy (non-hydrogen) atoms. The number of carbonyl (C=O) groups excluding carboxylic acids is 1. The third-order valence-electron chi connectivity index (χ3n) is 3.94. The molecule has 3 aromatic rings. The van der Waals surface area contributed by atoms with Crippen molar-refractivity contribution in [1.82, 2.24) is 4.98 Å². The van der Waals surface area contributed by atoms with E-state index in [0.29, 0.717) is 5.56 Å². The van der Waals surface area contributed by atoms with Crippen molar-refractivity contribution in [2.75, 3.05) is 5.32 Å². The number of pyridine rings is 1. The number of allylic oxidation sites excluding steroid dienone is 1. The molecule has 1 heterocycles. The second kappa shape index (κ2) is 6.67. The SMILES string of the molecule is C/C=C/c1ccc(C(=O)Nc2ccc3nc(C)ccc3c2)c(C)c1. The maximum Gasteiger partial charge on any atom is 0.255 e. The molecular weight excluding hydrogens is 296 g/mol. The molecule has 0 saturated heterocycles. The van der Waals surface area contributed by atoms with Crippen LogP contribution in [0.25, 0.3) is 17.0 Å². The third kappa shape index (κ3) is 3.35. The van der Waals surface area contributed by atoms with E-state index in [1.807, 2.05) is 81.5 Å². The summed E-state index contributed by atoms with van der Waals surface area (Å²) in [5.74, 6) is -0.0982. The molecule has 3 nitrogen and oxygen atoms in total. The summed E-state index contributed by atoms with van der Waals surface area (Å²) in [6.07, 6.45) is 4.01. The monoisotopic (exact) mass is 316 g/mol. The number of aromatic nitrogens is 1. The minimum absolute atomic E-state index is 0.0982. The smallest absolute Gasteiger partial charge is 0.255 e. The van der Waals surface area contributed by atoms with Crippen LogP contribution < -0.4 is 5.32 Å². The Morgan fingerprint density at radius 1 is 1.04 bits per heavy atom. The van der Waals surface area contributed by atoms with Gasteiger partial charge in [-0.2, -0.15) is 0 Å².